The van der Waals surface area contributed by atoms with Gasteiger partial charge in [0, 0.05) is 16.1 Å². The van der Waals surface area contributed by atoms with E-state index in [1.807, 2.05) is 6.07 Å². The molecule has 0 amide bonds. The summed E-state index contributed by atoms with van der Waals surface area (Å²) in [5.74, 6) is 0. The molecular formula is C14H12N2O2. The third kappa shape index (κ3) is 2.43. The minimum Gasteiger partial charge on any atom is -0.297 e. The molecule has 4 nitrogen and oxygen atoms in total. The first-order valence-corrected chi connectivity index (χ1v) is 5.52. The van der Waals surface area contributed by atoms with Crippen LogP contribution in [0.15, 0.2) is 60.7 Å². The zero-order valence-electron chi connectivity index (χ0n) is 9.61. The highest BCUT2D eigenvalue weighted by Crippen LogP contribution is 2.21. The van der Waals surface area contributed by atoms with Gasteiger partial charge in [0.1, 0.15) is 5.71 Å². The monoisotopic (exact) mass is 240 g/mol. The molecule has 0 spiro atoms. The van der Waals surface area contributed by atoms with Crippen LogP contribution in [0.2, 0.25) is 0 Å². The van der Waals surface area contributed by atoms with Crippen LogP contribution in [0.5, 0.6) is 0 Å². The Kier molecular flexibility index (Phi) is 3.48. The molecule has 0 aliphatic rings. The van der Waals surface area contributed by atoms with Gasteiger partial charge in [-0.1, -0.05) is 60.7 Å². The topological polar surface area (TPSA) is 67.0 Å². The largest absolute Gasteiger partial charge is 0.297 e. The number of benzene rings is 2. The van der Waals surface area contributed by atoms with Gasteiger partial charge in [0.15, 0.2) is 0 Å². The van der Waals surface area contributed by atoms with E-state index in [-0.39, 0.29) is 5.71 Å². The lowest BCUT2D eigenvalue weighted by molar-refractivity contribution is -0.508. The zero-order chi connectivity index (χ0) is 13.0. The van der Waals surface area contributed by atoms with Crippen LogP contribution in [0.1, 0.15) is 17.2 Å². The lowest BCUT2D eigenvalue weighted by Gasteiger charge is -2.11. The maximum atomic E-state index is 11.2. The lowest BCUT2D eigenvalue weighted by atomic mass is 9.97. The molecule has 2 aromatic carbocycles. The molecule has 0 aliphatic heterocycles. The van der Waals surface area contributed by atoms with Crippen molar-refractivity contribution in [3.8, 4) is 0 Å². The molecule has 1 N–H and O–H groups in total. The number of nitrogens with one attached hydrogen (secondary N) is 1. The van der Waals surface area contributed by atoms with Crippen molar-refractivity contribution in [2.75, 3.05) is 0 Å². The first-order valence-electron chi connectivity index (χ1n) is 5.52. The average Bonchev–Trinajstić information content (AvgIpc) is 2.40. The van der Waals surface area contributed by atoms with E-state index in [0.717, 1.165) is 0 Å². The Hall–Kier alpha value is -2.49. The number of nitro groups is 1. The van der Waals surface area contributed by atoms with Gasteiger partial charge in [-0.25, -0.2) is 0 Å². The highest BCUT2D eigenvalue weighted by Gasteiger charge is 2.28. The lowest BCUT2D eigenvalue weighted by Crippen LogP contribution is -2.21. The van der Waals surface area contributed by atoms with Crippen molar-refractivity contribution in [3.63, 3.8) is 0 Å². The molecular weight excluding hydrogens is 228 g/mol. The Bertz CT molecular complexity index is 553. The van der Waals surface area contributed by atoms with E-state index in [9.17, 15) is 10.1 Å². The third-order valence-corrected chi connectivity index (χ3v) is 2.68. The molecule has 0 radical (unpaired) electrons. The van der Waals surface area contributed by atoms with Crippen molar-refractivity contribution in [2.24, 2.45) is 0 Å². The molecule has 0 saturated heterocycles. The quantitative estimate of drug-likeness (QED) is 0.507. The maximum absolute atomic E-state index is 11.2. The minimum atomic E-state index is -1.12. The van der Waals surface area contributed by atoms with Crippen LogP contribution in [-0.2, 0) is 0 Å². The Morgan fingerprint density at radius 3 is 2.00 bits per heavy atom. The zero-order valence-corrected chi connectivity index (χ0v) is 9.61. The maximum Gasteiger partial charge on any atom is 0.279 e. The van der Waals surface area contributed by atoms with Gasteiger partial charge in [-0.05, 0) is 0 Å². The van der Waals surface area contributed by atoms with Gasteiger partial charge in [-0.3, -0.25) is 15.5 Å². The fourth-order valence-electron chi connectivity index (χ4n) is 1.80. The normalized spacial score (nSPS) is 11.8. The Morgan fingerprint density at radius 2 is 1.50 bits per heavy atom. The highest BCUT2D eigenvalue weighted by atomic mass is 16.6. The van der Waals surface area contributed by atoms with E-state index >= 15 is 0 Å². The summed E-state index contributed by atoms with van der Waals surface area (Å²) in [5, 5.41) is 19.2. The molecule has 0 fully saturated rings. The van der Waals surface area contributed by atoms with Gasteiger partial charge in [0.05, 0.1) is 0 Å². The predicted molar refractivity (Wildman–Crippen MR) is 69.4 cm³/mol. The van der Waals surface area contributed by atoms with Crippen molar-refractivity contribution in [2.45, 2.75) is 6.04 Å². The number of hydrogen-bond donors (Lipinski definition) is 1. The number of hydrogen-bond acceptors (Lipinski definition) is 3. The third-order valence-electron chi connectivity index (χ3n) is 2.68. The molecule has 4 heteroatoms. The Morgan fingerprint density at radius 1 is 1.00 bits per heavy atom. The highest BCUT2D eigenvalue weighted by molar-refractivity contribution is 6.01. The van der Waals surface area contributed by atoms with Crippen LogP contribution in [0, 0.1) is 15.5 Å². The number of rotatable bonds is 4. The van der Waals surface area contributed by atoms with Crippen molar-refractivity contribution in [1.82, 2.24) is 0 Å². The summed E-state index contributed by atoms with van der Waals surface area (Å²) < 4.78 is 0. The van der Waals surface area contributed by atoms with Gasteiger partial charge in [-0.15, -0.1) is 0 Å². The van der Waals surface area contributed by atoms with Crippen LogP contribution >= 0.6 is 0 Å². The van der Waals surface area contributed by atoms with Crippen molar-refractivity contribution in [1.29, 1.82) is 5.41 Å². The average molecular weight is 240 g/mol. The van der Waals surface area contributed by atoms with Gasteiger partial charge in [0.25, 0.3) is 6.04 Å². The van der Waals surface area contributed by atoms with Crippen LogP contribution in [0.4, 0.5) is 0 Å². The molecule has 18 heavy (non-hydrogen) atoms. The first kappa shape index (κ1) is 12.0. The van der Waals surface area contributed by atoms with E-state index in [0.29, 0.717) is 11.1 Å². The second kappa shape index (κ2) is 5.23. The van der Waals surface area contributed by atoms with Crippen LogP contribution in [0.3, 0.4) is 0 Å². The van der Waals surface area contributed by atoms with Gasteiger partial charge in [-0.2, -0.15) is 0 Å². The SMILES string of the molecule is N=C(c1ccccc1)C(c1ccccc1)[N+](=O)[O-]. The van der Waals surface area contributed by atoms with Crippen LogP contribution in [0.25, 0.3) is 0 Å². The molecule has 0 aliphatic carbocycles. The molecule has 0 aromatic heterocycles. The Balaban J connectivity index is 2.39. The van der Waals surface area contributed by atoms with Crippen molar-refractivity contribution in [3.05, 3.63) is 81.9 Å². The number of nitrogens with zero attached hydrogens (tertiary/aromatic N) is 1. The fourth-order valence-corrected chi connectivity index (χ4v) is 1.80. The molecule has 90 valence electrons. The van der Waals surface area contributed by atoms with E-state index in [2.05, 4.69) is 0 Å². The van der Waals surface area contributed by atoms with E-state index in [1.54, 1.807) is 54.6 Å². The van der Waals surface area contributed by atoms with Crippen LogP contribution in [-0.4, -0.2) is 10.6 Å². The first-order chi connectivity index (χ1) is 8.70. The summed E-state index contributed by atoms with van der Waals surface area (Å²) in [6.45, 7) is 0. The molecule has 0 bridgehead atoms. The smallest absolute Gasteiger partial charge is 0.279 e. The summed E-state index contributed by atoms with van der Waals surface area (Å²) in [4.78, 5) is 10.8. The summed E-state index contributed by atoms with van der Waals surface area (Å²) in [6.07, 6.45) is 0. The summed E-state index contributed by atoms with van der Waals surface area (Å²) in [5.41, 5.74) is 1.10. The van der Waals surface area contributed by atoms with Gasteiger partial charge >= 0.3 is 0 Å². The van der Waals surface area contributed by atoms with Gasteiger partial charge < -0.3 is 0 Å². The molecule has 2 rings (SSSR count). The van der Waals surface area contributed by atoms with E-state index in [1.165, 1.54) is 0 Å². The molecule has 2 aromatic rings. The molecule has 1 atom stereocenters. The van der Waals surface area contributed by atoms with Crippen LogP contribution < -0.4 is 0 Å². The molecule has 0 saturated carbocycles. The van der Waals surface area contributed by atoms with Crippen molar-refractivity contribution >= 4 is 5.71 Å². The summed E-state index contributed by atoms with van der Waals surface area (Å²) >= 11 is 0. The second-order valence-electron chi connectivity index (χ2n) is 3.88. The van der Waals surface area contributed by atoms with Crippen molar-refractivity contribution < 1.29 is 4.92 Å². The fraction of sp³-hybridized carbons (Fsp3) is 0.0714. The molecule has 0 heterocycles. The molecule has 1 unspecified atom stereocenters. The predicted octanol–water partition coefficient (Wildman–Crippen LogP) is 3.07. The van der Waals surface area contributed by atoms with E-state index < -0.39 is 11.0 Å². The Labute approximate surface area is 105 Å². The second-order valence-corrected chi connectivity index (χ2v) is 3.88. The van der Waals surface area contributed by atoms with E-state index in [4.69, 9.17) is 5.41 Å². The summed E-state index contributed by atoms with van der Waals surface area (Å²) in [7, 11) is 0. The standard InChI is InChI=1S/C14H12N2O2/c15-13(11-7-3-1-4-8-11)14(16(17)18)12-9-5-2-6-10-12/h1-10,14-15H. The minimum absolute atomic E-state index is 0.00630. The van der Waals surface area contributed by atoms with Gasteiger partial charge in [0.2, 0.25) is 0 Å². The summed E-state index contributed by atoms with van der Waals surface area (Å²) in [6, 6.07) is 16.3.